The molecule has 1 aromatic rings. The zero-order chi connectivity index (χ0) is 20.4. The summed E-state index contributed by atoms with van der Waals surface area (Å²) in [6, 6.07) is 0.194. The summed E-state index contributed by atoms with van der Waals surface area (Å²) in [5.74, 6) is 0.925. The molecule has 1 aromatic heterocycles. The van der Waals surface area contributed by atoms with Crippen LogP contribution in [0.25, 0.3) is 0 Å². The van der Waals surface area contributed by atoms with Crippen molar-refractivity contribution in [3.63, 3.8) is 0 Å². The number of ether oxygens (including phenoxy) is 3. The monoisotopic (exact) mass is 396 g/mol. The zero-order valence-electron chi connectivity index (χ0n) is 17.5. The standard InChI is InChI=1S/C19H32N4O5/c1-18(2,3)27-17(24)21-19(4,5)16-20-14(28-22-16)12-23-9-7-6-8-13(23)15-25-10-11-26-15/h13,15H,6-12H2,1-5H3,(H,21,24). The van der Waals surface area contributed by atoms with Gasteiger partial charge in [0.15, 0.2) is 12.1 Å². The molecule has 9 heteroatoms. The van der Waals surface area contributed by atoms with E-state index in [-0.39, 0.29) is 12.3 Å². The van der Waals surface area contributed by atoms with Crippen LogP contribution >= 0.6 is 0 Å². The summed E-state index contributed by atoms with van der Waals surface area (Å²) < 4.78 is 22.2. The summed E-state index contributed by atoms with van der Waals surface area (Å²) in [6.07, 6.45) is 2.60. The Kier molecular flexibility index (Phi) is 6.26. The highest BCUT2D eigenvalue weighted by atomic mass is 16.7. The molecular weight excluding hydrogens is 364 g/mol. The molecule has 1 atom stereocenters. The molecule has 0 bridgehead atoms. The summed E-state index contributed by atoms with van der Waals surface area (Å²) in [5, 5.41) is 6.88. The summed E-state index contributed by atoms with van der Waals surface area (Å²) in [5.41, 5.74) is -1.39. The van der Waals surface area contributed by atoms with Crippen molar-refractivity contribution in [2.45, 2.75) is 83.9 Å². The fraction of sp³-hybridized carbons (Fsp3) is 0.842. The van der Waals surface area contributed by atoms with Crippen LogP contribution in [0.1, 0.15) is 65.6 Å². The number of nitrogens with zero attached hydrogens (tertiary/aromatic N) is 3. The first-order valence-electron chi connectivity index (χ1n) is 9.95. The molecule has 0 spiro atoms. The number of piperidine rings is 1. The third kappa shape index (κ3) is 5.42. The van der Waals surface area contributed by atoms with Crippen molar-refractivity contribution in [2.24, 2.45) is 0 Å². The largest absolute Gasteiger partial charge is 0.444 e. The lowest BCUT2D eigenvalue weighted by molar-refractivity contribution is -0.112. The van der Waals surface area contributed by atoms with Crippen molar-refractivity contribution < 1.29 is 23.5 Å². The van der Waals surface area contributed by atoms with Crippen LogP contribution in [-0.4, -0.2) is 58.8 Å². The van der Waals surface area contributed by atoms with Gasteiger partial charge in [0, 0.05) is 0 Å². The minimum Gasteiger partial charge on any atom is -0.444 e. The van der Waals surface area contributed by atoms with E-state index in [0.29, 0.717) is 31.5 Å². The number of carbonyl (C=O) groups is 1. The maximum absolute atomic E-state index is 12.1. The van der Waals surface area contributed by atoms with Gasteiger partial charge in [-0.05, 0) is 54.0 Å². The molecule has 2 aliphatic heterocycles. The molecule has 2 fully saturated rings. The number of hydrogen-bond donors (Lipinski definition) is 1. The van der Waals surface area contributed by atoms with Gasteiger partial charge in [0.1, 0.15) is 11.1 Å². The first kappa shape index (κ1) is 21.0. The lowest BCUT2D eigenvalue weighted by atomic mass is 10.0. The number of hydrogen-bond acceptors (Lipinski definition) is 8. The van der Waals surface area contributed by atoms with Crippen molar-refractivity contribution >= 4 is 6.09 Å². The Labute approximate surface area is 166 Å². The quantitative estimate of drug-likeness (QED) is 0.811. The van der Waals surface area contributed by atoms with Crippen LogP contribution in [0.5, 0.6) is 0 Å². The average Bonchev–Trinajstić information content (AvgIpc) is 3.24. The fourth-order valence-corrected chi connectivity index (χ4v) is 3.48. The van der Waals surface area contributed by atoms with Gasteiger partial charge in [-0.3, -0.25) is 4.90 Å². The van der Waals surface area contributed by atoms with E-state index < -0.39 is 17.2 Å². The average molecular weight is 396 g/mol. The fourth-order valence-electron chi connectivity index (χ4n) is 3.48. The smallest absolute Gasteiger partial charge is 0.408 e. The van der Waals surface area contributed by atoms with Crippen molar-refractivity contribution in [3.8, 4) is 0 Å². The molecule has 3 rings (SSSR count). The van der Waals surface area contributed by atoms with Gasteiger partial charge < -0.3 is 24.1 Å². The van der Waals surface area contributed by atoms with Gasteiger partial charge in [-0.15, -0.1) is 0 Å². The van der Waals surface area contributed by atoms with E-state index in [2.05, 4.69) is 20.4 Å². The predicted molar refractivity (Wildman–Crippen MR) is 100 cm³/mol. The highest BCUT2D eigenvalue weighted by Gasteiger charge is 2.35. The SMILES string of the molecule is CC(C)(C)OC(=O)NC(C)(C)c1noc(CN2CCCCC2C2OCCO2)n1. The van der Waals surface area contributed by atoms with Crippen molar-refractivity contribution in [1.82, 2.24) is 20.4 Å². The van der Waals surface area contributed by atoms with Crippen LogP contribution in [-0.2, 0) is 26.3 Å². The van der Waals surface area contributed by atoms with Crippen LogP contribution in [0.4, 0.5) is 4.79 Å². The van der Waals surface area contributed by atoms with Gasteiger partial charge in [-0.25, -0.2) is 4.79 Å². The van der Waals surface area contributed by atoms with Gasteiger partial charge in [-0.1, -0.05) is 11.6 Å². The highest BCUT2D eigenvalue weighted by Crippen LogP contribution is 2.26. The molecule has 28 heavy (non-hydrogen) atoms. The molecule has 2 saturated heterocycles. The minimum atomic E-state index is -0.816. The third-order valence-corrected chi connectivity index (χ3v) is 4.80. The normalized spacial score (nSPS) is 22.4. The zero-order valence-corrected chi connectivity index (χ0v) is 17.5. The molecule has 158 valence electrons. The maximum atomic E-state index is 12.1. The van der Waals surface area contributed by atoms with Gasteiger partial charge in [0.05, 0.1) is 25.8 Å². The summed E-state index contributed by atoms with van der Waals surface area (Å²) >= 11 is 0. The van der Waals surface area contributed by atoms with Crippen LogP contribution in [0.3, 0.4) is 0 Å². The number of rotatable bonds is 5. The number of likely N-dealkylation sites (tertiary alicyclic amines) is 1. The van der Waals surface area contributed by atoms with E-state index in [0.717, 1.165) is 25.8 Å². The predicted octanol–water partition coefficient (Wildman–Crippen LogP) is 2.56. The number of alkyl carbamates (subject to hydrolysis) is 1. The van der Waals surface area contributed by atoms with Gasteiger partial charge in [-0.2, -0.15) is 4.98 Å². The molecule has 9 nitrogen and oxygen atoms in total. The van der Waals surface area contributed by atoms with Crippen LogP contribution < -0.4 is 5.32 Å². The van der Waals surface area contributed by atoms with Crippen molar-refractivity contribution in [2.75, 3.05) is 19.8 Å². The number of nitrogens with one attached hydrogen (secondary N) is 1. The van der Waals surface area contributed by atoms with Crippen LogP contribution in [0.2, 0.25) is 0 Å². The molecule has 0 aliphatic carbocycles. The Morgan fingerprint density at radius 1 is 1.21 bits per heavy atom. The lowest BCUT2D eigenvalue weighted by Gasteiger charge is -2.36. The Bertz CT molecular complexity index is 664. The number of amides is 1. The summed E-state index contributed by atoms with van der Waals surface area (Å²) in [4.78, 5) is 18.9. The number of carbonyl (C=O) groups excluding carboxylic acids is 1. The molecule has 0 aromatic carbocycles. The first-order valence-corrected chi connectivity index (χ1v) is 9.95. The maximum Gasteiger partial charge on any atom is 0.408 e. The first-order chi connectivity index (χ1) is 13.1. The minimum absolute atomic E-state index is 0.187. The molecule has 1 unspecified atom stereocenters. The van der Waals surface area contributed by atoms with Gasteiger partial charge >= 0.3 is 6.09 Å². The van der Waals surface area contributed by atoms with Gasteiger partial charge in [0.2, 0.25) is 5.89 Å². The van der Waals surface area contributed by atoms with Crippen LogP contribution in [0, 0.1) is 0 Å². The second-order valence-corrected chi connectivity index (χ2v) is 8.91. The summed E-state index contributed by atoms with van der Waals surface area (Å²) in [6.45, 7) is 11.8. The topological polar surface area (TPSA) is 99.0 Å². The second kappa shape index (κ2) is 8.34. The van der Waals surface area contributed by atoms with E-state index in [4.69, 9.17) is 18.7 Å². The Morgan fingerprint density at radius 2 is 1.93 bits per heavy atom. The Hall–Kier alpha value is -1.71. The second-order valence-electron chi connectivity index (χ2n) is 8.91. The third-order valence-electron chi connectivity index (χ3n) is 4.80. The van der Waals surface area contributed by atoms with E-state index in [1.807, 2.05) is 34.6 Å². The van der Waals surface area contributed by atoms with Crippen LogP contribution in [0.15, 0.2) is 4.52 Å². The van der Waals surface area contributed by atoms with E-state index in [1.54, 1.807) is 0 Å². The molecular formula is C19H32N4O5. The molecule has 1 amide bonds. The molecule has 2 aliphatic rings. The van der Waals surface area contributed by atoms with Crippen molar-refractivity contribution in [3.05, 3.63) is 11.7 Å². The summed E-state index contributed by atoms with van der Waals surface area (Å²) in [7, 11) is 0. The van der Waals surface area contributed by atoms with E-state index in [1.165, 1.54) is 0 Å². The van der Waals surface area contributed by atoms with E-state index >= 15 is 0 Å². The molecule has 0 saturated carbocycles. The molecule has 3 heterocycles. The Morgan fingerprint density at radius 3 is 2.61 bits per heavy atom. The number of aromatic nitrogens is 2. The highest BCUT2D eigenvalue weighted by molar-refractivity contribution is 5.68. The van der Waals surface area contributed by atoms with E-state index in [9.17, 15) is 4.79 Å². The Balaban J connectivity index is 1.63. The lowest BCUT2D eigenvalue weighted by Crippen LogP contribution is -2.46. The van der Waals surface area contributed by atoms with Crippen molar-refractivity contribution in [1.29, 1.82) is 0 Å². The molecule has 1 N–H and O–H groups in total. The van der Waals surface area contributed by atoms with Gasteiger partial charge in [0.25, 0.3) is 0 Å². The molecule has 0 radical (unpaired) electrons.